The highest BCUT2D eigenvalue weighted by atomic mass is 19.4. The van der Waals surface area contributed by atoms with Gasteiger partial charge in [0.25, 0.3) is 0 Å². The van der Waals surface area contributed by atoms with E-state index in [1.807, 2.05) is 26.0 Å². The Labute approximate surface area is 533 Å². The molecule has 0 unspecified atom stereocenters. The van der Waals surface area contributed by atoms with Crippen LogP contribution in [-0.4, -0.2) is 0 Å². The highest BCUT2D eigenvalue weighted by molar-refractivity contribution is 5.69. The fraction of sp³-hybridized carbons (Fsp3) is 0.143. The van der Waals surface area contributed by atoms with Gasteiger partial charge in [-0.1, -0.05) is 96.1 Å². The second kappa shape index (κ2) is 30.2. The van der Waals surface area contributed by atoms with Crippen LogP contribution in [0.15, 0.2) is 170 Å². The molecular formula is C70H43F27. The Bertz CT molecular complexity index is 4340. The van der Waals surface area contributed by atoms with E-state index in [-0.39, 0.29) is 45.5 Å². The molecule has 97 heavy (non-hydrogen) atoms. The minimum atomic E-state index is -5.24. The van der Waals surface area contributed by atoms with Crippen molar-refractivity contribution in [2.75, 3.05) is 0 Å². The molecular weight excluding hydrogens is 1350 g/mol. The van der Waals surface area contributed by atoms with Crippen LogP contribution in [0.4, 0.5) is 119 Å². The molecule has 0 N–H and O–H groups in total. The fourth-order valence-corrected chi connectivity index (χ4v) is 9.01. The standard InChI is InChI=1S/C14H7F7.C14H8F6.2C14H9F5.C14H10F4/c1-6-2-8(15)12(9(16)3-6)7-4-10(17)13(11(18)5-7)14(19,20)21;1-7-2-3-9(10(15)4-7)8-5-11(16)13(12(17)6-8)14(18,19)20;1-8-2-4-10(12(15)6-8)9-3-5-11(13(16)7-9)14(17,18)19;1-8-2-4-9(5-3-8)10-6-11(15)13(12(16)7-10)14(17,18)19;1-9-2-4-10(5-3-9)11-6-7-12(13(15)8-11)14(16,17)18/h2-5H,1H3;2-6H,1H3;2*2-7H,1H3;2-8H,1H3. The molecule has 0 fully saturated rings. The average molecular weight is 1400 g/mol. The minimum Gasteiger partial charge on any atom is -0.206 e. The SMILES string of the molecule is Cc1cc(F)c(-c2cc(F)c(C(F)(F)F)c(F)c2)c(F)c1.Cc1ccc(-c2cc(F)c(C(F)(F)F)c(F)c2)c(F)c1.Cc1ccc(-c2cc(F)c(C(F)(F)F)c(F)c2)cc1.Cc1ccc(-c2ccc(C(F)(F)F)c(F)c2)c(F)c1.Cc1ccc(-c2ccc(C(F)(F)F)c(F)c2)cc1. The Morgan fingerprint density at radius 2 is 0.443 bits per heavy atom. The van der Waals surface area contributed by atoms with E-state index >= 15 is 0 Å². The molecule has 10 rings (SSSR count). The number of halogens is 27. The molecule has 0 nitrogen and oxygen atoms in total. The zero-order valence-electron chi connectivity index (χ0n) is 49.9. The summed E-state index contributed by atoms with van der Waals surface area (Å²) in [6.45, 7) is 8.42. The van der Waals surface area contributed by atoms with Crippen molar-refractivity contribution >= 4 is 0 Å². The number of benzene rings is 10. The van der Waals surface area contributed by atoms with E-state index in [9.17, 15) is 119 Å². The van der Waals surface area contributed by atoms with E-state index in [1.54, 1.807) is 56.3 Å². The van der Waals surface area contributed by atoms with Gasteiger partial charge in [0.05, 0.1) is 16.7 Å². The van der Waals surface area contributed by atoms with Gasteiger partial charge in [0.2, 0.25) is 0 Å². The quantitative estimate of drug-likeness (QED) is 0.151. The number of aryl methyl sites for hydroxylation is 5. The number of rotatable bonds is 5. The summed E-state index contributed by atoms with van der Waals surface area (Å²) in [6, 6.07) is 31.8. The molecule has 10 aromatic carbocycles. The van der Waals surface area contributed by atoms with Gasteiger partial charge in [-0.25, -0.2) is 52.7 Å². The Kier molecular flexibility index (Phi) is 23.7. The molecule has 0 saturated carbocycles. The van der Waals surface area contributed by atoms with Crippen molar-refractivity contribution in [2.45, 2.75) is 65.5 Å². The number of hydrogen-bond donors (Lipinski definition) is 0. The third-order valence-electron chi connectivity index (χ3n) is 13.6. The van der Waals surface area contributed by atoms with Gasteiger partial charge in [0.1, 0.15) is 86.5 Å². The molecule has 0 amide bonds. The highest BCUT2D eigenvalue weighted by Crippen LogP contribution is 2.41. The van der Waals surface area contributed by atoms with Crippen LogP contribution in [0.3, 0.4) is 0 Å². The zero-order chi connectivity index (χ0) is 72.8. The molecule has 0 spiro atoms. The summed E-state index contributed by atoms with van der Waals surface area (Å²) in [7, 11) is 0. The van der Waals surface area contributed by atoms with Gasteiger partial charge in [-0.2, -0.15) is 65.9 Å². The second-order valence-electron chi connectivity index (χ2n) is 21.1. The molecule has 0 heterocycles. The van der Waals surface area contributed by atoms with Crippen molar-refractivity contribution in [3.63, 3.8) is 0 Å². The second-order valence-corrected chi connectivity index (χ2v) is 21.1. The maximum absolute atomic E-state index is 13.7. The van der Waals surface area contributed by atoms with Gasteiger partial charge in [-0.05, 0) is 175 Å². The molecule has 10 aromatic rings. The molecule has 0 aromatic heterocycles. The Morgan fingerprint density at radius 1 is 0.186 bits per heavy atom. The van der Waals surface area contributed by atoms with Gasteiger partial charge in [-0.15, -0.1) is 0 Å². The summed E-state index contributed by atoms with van der Waals surface area (Å²) in [5, 5.41) is 0. The van der Waals surface area contributed by atoms with Crippen LogP contribution in [0, 0.1) is 104 Å². The average Bonchev–Trinajstić information content (AvgIpc) is 0.899. The van der Waals surface area contributed by atoms with Gasteiger partial charge >= 0.3 is 30.9 Å². The lowest BCUT2D eigenvalue weighted by Gasteiger charge is -2.12. The van der Waals surface area contributed by atoms with Crippen LogP contribution in [0.25, 0.3) is 55.6 Å². The third-order valence-corrected chi connectivity index (χ3v) is 13.6. The van der Waals surface area contributed by atoms with Crippen molar-refractivity contribution in [3.05, 3.63) is 295 Å². The first-order valence-corrected chi connectivity index (χ1v) is 27.3. The van der Waals surface area contributed by atoms with E-state index in [1.165, 1.54) is 37.3 Å². The van der Waals surface area contributed by atoms with Crippen molar-refractivity contribution in [1.82, 2.24) is 0 Å². The van der Waals surface area contributed by atoms with Gasteiger partial charge in [0.15, 0.2) is 0 Å². The van der Waals surface area contributed by atoms with Gasteiger partial charge in [-0.3, -0.25) is 0 Å². The number of alkyl halides is 15. The summed E-state index contributed by atoms with van der Waals surface area (Å²) in [6.07, 6.45) is -24.8. The molecule has 27 heteroatoms. The fourth-order valence-electron chi connectivity index (χ4n) is 9.01. The van der Waals surface area contributed by atoms with E-state index < -0.39 is 140 Å². The number of hydrogen-bond acceptors (Lipinski definition) is 0. The molecule has 512 valence electrons. The van der Waals surface area contributed by atoms with Crippen molar-refractivity contribution in [3.8, 4) is 55.6 Å². The first kappa shape index (κ1) is 76.3. The molecule has 0 saturated heterocycles. The molecule has 0 aliphatic heterocycles. The highest BCUT2D eigenvalue weighted by Gasteiger charge is 2.41. The maximum atomic E-state index is 13.7. The molecule has 0 bridgehead atoms. The van der Waals surface area contributed by atoms with Crippen molar-refractivity contribution in [1.29, 1.82) is 0 Å². The van der Waals surface area contributed by atoms with Crippen LogP contribution in [0.1, 0.15) is 55.6 Å². The Hall–Kier alpha value is -9.69. The predicted molar refractivity (Wildman–Crippen MR) is 308 cm³/mol. The normalized spacial score (nSPS) is 11.7. The lowest BCUT2D eigenvalue weighted by Crippen LogP contribution is -2.11. The summed E-state index contributed by atoms with van der Waals surface area (Å²) < 4.78 is 348. The lowest BCUT2D eigenvalue weighted by atomic mass is 10.00. The van der Waals surface area contributed by atoms with E-state index in [4.69, 9.17) is 0 Å². The largest absolute Gasteiger partial charge is 0.422 e. The minimum absolute atomic E-state index is 0.0678. The molecule has 0 aliphatic rings. The molecule has 0 atom stereocenters. The van der Waals surface area contributed by atoms with Gasteiger partial charge < -0.3 is 0 Å². The van der Waals surface area contributed by atoms with Crippen LogP contribution in [0.2, 0.25) is 0 Å². The summed E-state index contributed by atoms with van der Waals surface area (Å²) in [5.74, 6) is -16.9. The Morgan fingerprint density at radius 3 is 0.763 bits per heavy atom. The zero-order valence-corrected chi connectivity index (χ0v) is 49.9. The smallest absolute Gasteiger partial charge is 0.206 e. The van der Waals surface area contributed by atoms with Crippen LogP contribution < -0.4 is 0 Å². The summed E-state index contributed by atoms with van der Waals surface area (Å²) in [4.78, 5) is 0. The van der Waals surface area contributed by atoms with Crippen molar-refractivity contribution in [2.24, 2.45) is 0 Å². The van der Waals surface area contributed by atoms with Crippen molar-refractivity contribution < 1.29 is 119 Å². The Balaban J connectivity index is 0.000000192. The monoisotopic (exact) mass is 1400 g/mol. The maximum Gasteiger partial charge on any atom is 0.422 e. The van der Waals surface area contributed by atoms with E-state index in [2.05, 4.69) is 0 Å². The summed E-state index contributed by atoms with van der Waals surface area (Å²) >= 11 is 0. The lowest BCUT2D eigenvalue weighted by molar-refractivity contribution is -0.143. The topological polar surface area (TPSA) is 0 Å². The van der Waals surface area contributed by atoms with Crippen LogP contribution in [0.5, 0.6) is 0 Å². The molecule has 0 radical (unpaired) electrons. The van der Waals surface area contributed by atoms with Gasteiger partial charge in [0, 0.05) is 11.1 Å². The van der Waals surface area contributed by atoms with E-state index in [0.717, 1.165) is 47.5 Å². The first-order chi connectivity index (χ1) is 44.8. The summed E-state index contributed by atoms with van der Waals surface area (Å²) in [5.41, 5.74) is -5.17. The third kappa shape index (κ3) is 19.7. The molecule has 0 aliphatic carbocycles. The van der Waals surface area contributed by atoms with Crippen LogP contribution >= 0.6 is 0 Å². The van der Waals surface area contributed by atoms with E-state index in [0.29, 0.717) is 64.2 Å². The predicted octanol–water partition coefficient (Wildman–Crippen LogP) is 25.1. The first-order valence-electron chi connectivity index (χ1n) is 27.3. The van der Waals surface area contributed by atoms with Crippen LogP contribution in [-0.2, 0) is 30.9 Å².